The Morgan fingerprint density at radius 3 is 2.96 bits per heavy atom. The van der Waals surface area contributed by atoms with Crippen molar-refractivity contribution in [2.45, 2.75) is 45.3 Å². The lowest BCUT2D eigenvalue weighted by Gasteiger charge is -2.26. The van der Waals surface area contributed by atoms with Gasteiger partial charge < -0.3 is 20.1 Å². The van der Waals surface area contributed by atoms with Crippen LogP contribution < -0.4 is 20.1 Å². The first-order chi connectivity index (χ1) is 13.1. The molecule has 0 bridgehead atoms. The first-order valence-electron chi connectivity index (χ1n) is 9.73. The molecule has 27 heavy (non-hydrogen) atoms. The summed E-state index contributed by atoms with van der Waals surface area (Å²) in [6.07, 6.45) is 2.25. The van der Waals surface area contributed by atoms with Crippen molar-refractivity contribution >= 4 is 11.6 Å². The standard InChI is InChI=1S/C22H26N2O3/c1-3-19-22(25)24-18-6-5-16(13-21(18)27-19)14(2)23-10-8-15-4-7-20-17(12-15)9-11-26-20/h4-7,12-14,19,23H,3,8-11H2,1-2H3,(H,24,25). The molecule has 0 radical (unpaired) electrons. The van der Waals surface area contributed by atoms with Gasteiger partial charge in [0.2, 0.25) is 0 Å². The van der Waals surface area contributed by atoms with E-state index in [4.69, 9.17) is 9.47 Å². The van der Waals surface area contributed by atoms with Gasteiger partial charge in [-0.15, -0.1) is 0 Å². The highest BCUT2D eigenvalue weighted by molar-refractivity contribution is 5.97. The minimum absolute atomic E-state index is 0.0660. The molecule has 5 heteroatoms. The minimum Gasteiger partial charge on any atom is -0.493 e. The van der Waals surface area contributed by atoms with Crippen LogP contribution in [0.15, 0.2) is 36.4 Å². The molecule has 2 aromatic rings. The molecular formula is C22H26N2O3. The Bertz CT molecular complexity index is 849. The van der Waals surface area contributed by atoms with Crippen molar-refractivity contribution in [3.05, 3.63) is 53.1 Å². The van der Waals surface area contributed by atoms with Gasteiger partial charge in [-0.05, 0) is 61.2 Å². The molecule has 2 aliphatic heterocycles. The molecule has 2 heterocycles. The van der Waals surface area contributed by atoms with Crippen molar-refractivity contribution in [2.75, 3.05) is 18.5 Å². The van der Waals surface area contributed by atoms with Gasteiger partial charge in [0, 0.05) is 12.5 Å². The zero-order chi connectivity index (χ0) is 18.8. The Hall–Kier alpha value is -2.53. The van der Waals surface area contributed by atoms with Crippen LogP contribution >= 0.6 is 0 Å². The smallest absolute Gasteiger partial charge is 0.265 e. The summed E-state index contributed by atoms with van der Waals surface area (Å²) in [4.78, 5) is 11.9. The zero-order valence-electron chi connectivity index (χ0n) is 15.9. The van der Waals surface area contributed by atoms with E-state index in [9.17, 15) is 4.79 Å². The topological polar surface area (TPSA) is 59.6 Å². The quantitative estimate of drug-likeness (QED) is 0.820. The number of ether oxygens (including phenoxy) is 2. The second-order valence-corrected chi connectivity index (χ2v) is 7.23. The molecule has 142 valence electrons. The SMILES string of the molecule is CCC1Oc2cc(C(C)NCCc3ccc4c(c3)CCO4)ccc2NC1=O. The number of benzene rings is 2. The largest absolute Gasteiger partial charge is 0.493 e. The molecule has 2 unspecified atom stereocenters. The van der Waals surface area contributed by atoms with Gasteiger partial charge in [-0.3, -0.25) is 4.79 Å². The highest BCUT2D eigenvalue weighted by Crippen LogP contribution is 2.33. The molecule has 0 aromatic heterocycles. The van der Waals surface area contributed by atoms with Crippen LogP contribution in [-0.4, -0.2) is 25.2 Å². The van der Waals surface area contributed by atoms with Crippen LogP contribution in [0.1, 0.15) is 43.0 Å². The minimum atomic E-state index is -0.403. The third-order valence-corrected chi connectivity index (χ3v) is 5.31. The Morgan fingerprint density at radius 1 is 1.22 bits per heavy atom. The van der Waals surface area contributed by atoms with Gasteiger partial charge in [-0.1, -0.05) is 25.1 Å². The van der Waals surface area contributed by atoms with Crippen molar-refractivity contribution in [1.29, 1.82) is 0 Å². The summed E-state index contributed by atoms with van der Waals surface area (Å²) in [5.41, 5.74) is 4.56. The normalized spacial score (nSPS) is 18.7. The maximum Gasteiger partial charge on any atom is 0.265 e. The van der Waals surface area contributed by atoms with E-state index in [1.54, 1.807) is 0 Å². The number of hydrogen-bond donors (Lipinski definition) is 2. The fourth-order valence-electron chi connectivity index (χ4n) is 3.64. The number of hydrogen-bond acceptors (Lipinski definition) is 4. The zero-order valence-corrected chi connectivity index (χ0v) is 15.9. The number of amides is 1. The Balaban J connectivity index is 1.36. The molecule has 0 spiro atoms. The van der Waals surface area contributed by atoms with Crippen LogP contribution in [-0.2, 0) is 17.6 Å². The first kappa shape index (κ1) is 17.9. The summed E-state index contributed by atoms with van der Waals surface area (Å²) in [5, 5.41) is 6.50. The molecular weight excluding hydrogens is 340 g/mol. The van der Waals surface area contributed by atoms with Gasteiger partial charge in [0.15, 0.2) is 6.10 Å². The summed E-state index contributed by atoms with van der Waals surface area (Å²) in [6, 6.07) is 12.7. The van der Waals surface area contributed by atoms with E-state index < -0.39 is 6.10 Å². The summed E-state index contributed by atoms with van der Waals surface area (Å²) >= 11 is 0. The third-order valence-electron chi connectivity index (χ3n) is 5.31. The van der Waals surface area contributed by atoms with Crippen LogP contribution in [0, 0.1) is 0 Å². The monoisotopic (exact) mass is 366 g/mol. The highest BCUT2D eigenvalue weighted by atomic mass is 16.5. The molecule has 2 N–H and O–H groups in total. The second-order valence-electron chi connectivity index (χ2n) is 7.23. The van der Waals surface area contributed by atoms with Gasteiger partial charge in [0.25, 0.3) is 5.91 Å². The summed E-state index contributed by atoms with van der Waals surface area (Å²) in [5.74, 6) is 1.72. The molecule has 4 rings (SSSR count). The van der Waals surface area contributed by atoms with E-state index >= 15 is 0 Å². The van der Waals surface area contributed by atoms with Crippen molar-refractivity contribution in [1.82, 2.24) is 5.32 Å². The van der Waals surface area contributed by atoms with E-state index in [0.717, 1.165) is 48.7 Å². The molecule has 0 saturated carbocycles. The summed E-state index contributed by atoms with van der Waals surface area (Å²) in [6.45, 7) is 5.80. The van der Waals surface area contributed by atoms with Gasteiger partial charge in [-0.25, -0.2) is 0 Å². The number of rotatable bonds is 6. The fraction of sp³-hybridized carbons (Fsp3) is 0.409. The van der Waals surface area contributed by atoms with Crippen molar-refractivity contribution in [3.63, 3.8) is 0 Å². The number of anilines is 1. The van der Waals surface area contributed by atoms with Crippen LogP contribution in [0.3, 0.4) is 0 Å². The molecule has 0 saturated heterocycles. The van der Waals surface area contributed by atoms with Gasteiger partial charge >= 0.3 is 0 Å². The number of nitrogens with one attached hydrogen (secondary N) is 2. The van der Waals surface area contributed by atoms with Crippen molar-refractivity contribution in [3.8, 4) is 11.5 Å². The molecule has 0 aliphatic carbocycles. The number of fused-ring (bicyclic) bond motifs is 2. The third kappa shape index (κ3) is 3.78. The van der Waals surface area contributed by atoms with Crippen LogP contribution in [0.4, 0.5) is 5.69 Å². The molecule has 0 fully saturated rings. The van der Waals surface area contributed by atoms with Gasteiger partial charge in [-0.2, -0.15) is 0 Å². The van der Waals surface area contributed by atoms with Crippen molar-refractivity contribution < 1.29 is 14.3 Å². The maximum atomic E-state index is 11.9. The Morgan fingerprint density at radius 2 is 2.11 bits per heavy atom. The molecule has 2 aromatic carbocycles. The lowest BCUT2D eigenvalue weighted by atomic mass is 10.0. The highest BCUT2D eigenvalue weighted by Gasteiger charge is 2.26. The van der Waals surface area contributed by atoms with Gasteiger partial charge in [0.05, 0.1) is 12.3 Å². The summed E-state index contributed by atoms with van der Waals surface area (Å²) < 4.78 is 11.4. The molecule has 1 amide bonds. The maximum absolute atomic E-state index is 11.9. The average molecular weight is 366 g/mol. The van der Waals surface area contributed by atoms with Crippen LogP contribution in [0.25, 0.3) is 0 Å². The van der Waals surface area contributed by atoms with Crippen molar-refractivity contribution in [2.24, 2.45) is 0 Å². The Kier molecular flexibility index (Phi) is 5.03. The predicted octanol–water partition coefficient (Wildman–Crippen LogP) is 3.62. The second kappa shape index (κ2) is 7.61. The van der Waals surface area contributed by atoms with E-state index in [-0.39, 0.29) is 11.9 Å². The van der Waals surface area contributed by atoms with E-state index in [2.05, 4.69) is 35.8 Å². The lowest BCUT2D eigenvalue weighted by Crippen LogP contribution is -2.36. The fourth-order valence-corrected chi connectivity index (χ4v) is 3.64. The van der Waals surface area contributed by atoms with Gasteiger partial charge in [0.1, 0.15) is 11.5 Å². The molecule has 5 nitrogen and oxygen atoms in total. The number of carbonyl (C=O) groups excluding carboxylic acids is 1. The molecule has 2 aliphatic rings. The average Bonchev–Trinajstić information content (AvgIpc) is 3.15. The lowest BCUT2D eigenvalue weighted by molar-refractivity contribution is -0.123. The van der Waals surface area contributed by atoms with E-state index in [0.29, 0.717) is 6.42 Å². The van der Waals surface area contributed by atoms with Crippen LogP contribution in [0.5, 0.6) is 11.5 Å². The van der Waals surface area contributed by atoms with Crippen LogP contribution in [0.2, 0.25) is 0 Å². The Labute approximate surface area is 160 Å². The number of carbonyl (C=O) groups is 1. The first-order valence-corrected chi connectivity index (χ1v) is 9.73. The van der Waals surface area contributed by atoms with E-state index in [1.165, 1.54) is 11.1 Å². The van der Waals surface area contributed by atoms with E-state index in [1.807, 2.05) is 25.1 Å². The molecule has 2 atom stereocenters. The summed E-state index contributed by atoms with van der Waals surface area (Å²) in [7, 11) is 0. The predicted molar refractivity (Wildman–Crippen MR) is 106 cm³/mol.